The van der Waals surface area contributed by atoms with Crippen LogP contribution in [0.3, 0.4) is 0 Å². The lowest BCUT2D eigenvalue weighted by Crippen LogP contribution is -2.43. The number of hydrogen-bond donors (Lipinski definition) is 2. The number of alkyl halides is 1. The van der Waals surface area contributed by atoms with Gasteiger partial charge >= 0.3 is 0 Å². The highest BCUT2D eigenvalue weighted by molar-refractivity contribution is 6.21. The number of halogens is 1. The lowest BCUT2D eigenvalue weighted by atomic mass is 9.91. The maximum atomic E-state index is 10.3. The Bertz CT molecular complexity index is 538. The van der Waals surface area contributed by atoms with Gasteiger partial charge in [0.25, 0.3) is 0 Å². The average molecular weight is 393 g/mol. The molecule has 152 valence electrons. The molecule has 4 atom stereocenters. The van der Waals surface area contributed by atoms with Crippen molar-refractivity contribution in [2.45, 2.75) is 63.6 Å². The van der Waals surface area contributed by atoms with E-state index in [1.807, 2.05) is 11.9 Å². The second kappa shape index (κ2) is 13.8. The fourth-order valence-electron chi connectivity index (χ4n) is 3.09. The first kappa shape index (κ1) is 23.7. The molecule has 0 aromatic carbocycles. The van der Waals surface area contributed by atoms with E-state index in [2.05, 4.69) is 74.4 Å². The van der Waals surface area contributed by atoms with Gasteiger partial charge in [0, 0.05) is 24.7 Å². The molecule has 0 aliphatic heterocycles. The summed E-state index contributed by atoms with van der Waals surface area (Å²) in [6, 6.07) is 0.215. The van der Waals surface area contributed by atoms with E-state index in [1.54, 1.807) is 0 Å². The van der Waals surface area contributed by atoms with Crippen molar-refractivity contribution in [2.75, 3.05) is 13.6 Å². The van der Waals surface area contributed by atoms with Crippen molar-refractivity contribution in [3.8, 4) is 0 Å². The molecular formula is C23H37ClN2O. The van der Waals surface area contributed by atoms with Gasteiger partial charge in [-0.2, -0.15) is 0 Å². The minimum atomic E-state index is -0.583. The number of nitrogens with one attached hydrogen (secondary N) is 1. The predicted octanol–water partition coefficient (Wildman–Crippen LogP) is 5.16. The van der Waals surface area contributed by atoms with E-state index >= 15 is 0 Å². The van der Waals surface area contributed by atoms with Gasteiger partial charge in [-0.3, -0.25) is 5.32 Å². The van der Waals surface area contributed by atoms with Gasteiger partial charge in [-0.15, -0.1) is 11.6 Å². The summed E-state index contributed by atoms with van der Waals surface area (Å²) in [6.07, 6.45) is 21.1. The Morgan fingerprint density at radius 1 is 1.33 bits per heavy atom. The molecule has 0 saturated heterocycles. The van der Waals surface area contributed by atoms with Crippen molar-refractivity contribution in [3.05, 3.63) is 60.9 Å². The Balaban J connectivity index is 2.26. The Morgan fingerprint density at radius 2 is 2.07 bits per heavy atom. The summed E-state index contributed by atoms with van der Waals surface area (Å²) >= 11 is 6.22. The number of allylic oxidation sites excluding steroid dienone is 8. The minimum Gasteiger partial charge on any atom is -0.377 e. The monoisotopic (exact) mass is 392 g/mol. The van der Waals surface area contributed by atoms with Crippen LogP contribution in [0.5, 0.6) is 0 Å². The van der Waals surface area contributed by atoms with E-state index in [4.69, 9.17) is 11.6 Å². The Kier molecular flexibility index (Phi) is 12.2. The fraction of sp³-hybridized carbons (Fsp3) is 0.565. The predicted molar refractivity (Wildman–Crippen MR) is 119 cm³/mol. The number of aliphatic hydroxyl groups excluding tert-OH is 1. The zero-order chi connectivity index (χ0) is 20.1. The largest absolute Gasteiger partial charge is 0.377 e. The fourth-order valence-corrected chi connectivity index (χ4v) is 3.41. The van der Waals surface area contributed by atoms with Gasteiger partial charge in [-0.25, -0.2) is 0 Å². The van der Waals surface area contributed by atoms with Crippen molar-refractivity contribution in [2.24, 2.45) is 5.92 Å². The summed E-state index contributed by atoms with van der Waals surface area (Å²) in [7, 11) is 1.98. The van der Waals surface area contributed by atoms with Crippen molar-refractivity contribution >= 4 is 11.6 Å². The highest BCUT2D eigenvalue weighted by Gasteiger charge is 2.22. The molecule has 1 aliphatic carbocycles. The standard InChI is InChI=1S/C23H37ClN2O/c1-5-6-7-8-9-10-11-12-14-19(2)25-23(27)18-26(4)20(3)21-15-13-16-22(24)17-21/h6-9,11-13,16,19,21-23,25,27H,3,5,10,14-15,17-18H2,1-2,4H3/b7-6-,9-8-,12-11-/t19-,21+,22-,23-/m0/s1. The van der Waals surface area contributed by atoms with Crippen LogP contribution in [0.25, 0.3) is 0 Å². The van der Waals surface area contributed by atoms with Crippen LogP contribution in [0.2, 0.25) is 0 Å². The van der Waals surface area contributed by atoms with Crippen LogP contribution in [-0.2, 0) is 0 Å². The Hall–Kier alpha value is -1.29. The second-order valence-corrected chi connectivity index (χ2v) is 7.84. The van der Waals surface area contributed by atoms with E-state index in [1.165, 1.54) is 0 Å². The molecule has 0 amide bonds. The van der Waals surface area contributed by atoms with E-state index in [0.717, 1.165) is 37.8 Å². The van der Waals surface area contributed by atoms with E-state index in [-0.39, 0.29) is 11.4 Å². The molecule has 3 nitrogen and oxygen atoms in total. The first-order valence-corrected chi connectivity index (χ1v) is 10.5. The molecule has 1 rings (SSSR count). The van der Waals surface area contributed by atoms with Gasteiger partial charge in [-0.1, -0.05) is 62.1 Å². The second-order valence-electron chi connectivity index (χ2n) is 7.28. The summed E-state index contributed by atoms with van der Waals surface area (Å²) in [5.74, 6) is 0.357. The third kappa shape index (κ3) is 10.6. The van der Waals surface area contributed by atoms with Crippen molar-refractivity contribution in [1.29, 1.82) is 0 Å². The van der Waals surface area contributed by atoms with Crippen LogP contribution in [0.15, 0.2) is 60.9 Å². The summed E-state index contributed by atoms with van der Waals surface area (Å²) in [5.41, 5.74) is 1.04. The molecule has 0 heterocycles. The quantitative estimate of drug-likeness (QED) is 0.208. The molecule has 0 aromatic heterocycles. The molecule has 0 radical (unpaired) electrons. The van der Waals surface area contributed by atoms with Gasteiger partial charge in [-0.05, 0) is 39.0 Å². The molecule has 0 aromatic rings. The zero-order valence-corrected chi connectivity index (χ0v) is 17.9. The highest BCUT2D eigenvalue weighted by atomic mass is 35.5. The third-order valence-electron chi connectivity index (χ3n) is 4.71. The average Bonchev–Trinajstić information content (AvgIpc) is 2.63. The molecule has 0 bridgehead atoms. The lowest BCUT2D eigenvalue weighted by molar-refractivity contribution is 0.0928. The number of aliphatic hydroxyl groups is 1. The third-order valence-corrected chi connectivity index (χ3v) is 5.03. The first-order chi connectivity index (χ1) is 12.9. The summed E-state index contributed by atoms with van der Waals surface area (Å²) in [5, 5.41) is 13.7. The van der Waals surface area contributed by atoms with Crippen molar-refractivity contribution < 1.29 is 5.11 Å². The number of likely N-dealkylation sites (N-methyl/N-ethyl adjacent to an activating group) is 1. The maximum Gasteiger partial charge on any atom is 0.122 e. The molecule has 1 aliphatic rings. The zero-order valence-electron chi connectivity index (χ0n) is 17.2. The Labute approximate surface area is 171 Å². The molecule has 0 saturated carbocycles. The Morgan fingerprint density at radius 3 is 2.78 bits per heavy atom. The normalized spacial score (nSPS) is 22.7. The van der Waals surface area contributed by atoms with E-state index in [9.17, 15) is 5.11 Å². The van der Waals surface area contributed by atoms with Crippen LogP contribution in [0, 0.1) is 5.92 Å². The van der Waals surface area contributed by atoms with Crippen LogP contribution in [-0.4, -0.2) is 41.2 Å². The van der Waals surface area contributed by atoms with Gasteiger partial charge in [0.2, 0.25) is 0 Å². The SMILES string of the molecule is C=C([C@@H]1CC=C[C@H](Cl)C1)N(C)C[C@H](O)N[C@@H](C)C/C=C\C/C=C\C=C/CC. The van der Waals surface area contributed by atoms with Gasteiger partial charge in [0.1, 0.15) is 6.23 Å². The van der Waals surface area contributed by atoms with Gasteiger partial charge in [0.05, 0.1) is 11.9 Å². The van der Waals surface area contributed by atoms with E-state index in [0.29, 0.717) is 12.5 Å². The molecular weight excluding hydrogens is 356 g/mol. The molecule has 4 heteroatoms. The van der Waals surface area contributed by atoms with Crippen molar-refractivity contribution in [1.82, 2.24) is 10.2 Å². The molecule has 27 heavy (non-hydrogen) atoms. The molecule has 2 N–H and O–H groups in total. The number of rotatable bonds is 12. The molecule has 0 spiro atoms. The number of nitrogens with zero attached hydrogens (tertiary/aromatic N) is 1. The van der Waals surface area contributed by atoms with Crippen LogP contribution in [0.4, 0.5) is 0 Å². The molecule has 0 unspecified atom stereocenters. The van der Waals surface area contributed by atoms with Gasteiger partial charge in [0.15, 0.2) is 0 Å². The highest BCUT2D eigenvalue weighted by Crippen LogP contribution is 2.28. The smallest absolute Gasteiger partial charge is 0.122 e. The molecule has 0 fully saturated rings. The topological polar surface area (TPSA) is 35.5 Å². The van der Waals surface area contributed by atoms with Crippen LogP contribution < -0.4 is 5.32 Å². The van der Waals surface area contributed by atoms with E-state index < -0.39 is 6.23 Å². The first-order valence-electron chi connectivity index (χ1n) is 10.0. The number of hydrogen-bond acceptors (Lipinski definition) is 3. The van der Waals surface area contributed by atoms with Crippen molar-refractivity contribution in [3.63, 3.8) is 0 Å². The maximum absolute atomic E-state index is 10.3. The van der Waals surface area contributed by atoms with Crippen LogP contribution >= 0.6 is 11.6 Å². The summed E-state index contributed by atoms with van der Waals surface area (Å²) in [4.78, 5) is 2.04. The summed E-state index contributed by atoms with van der Waals surface area (Å²) in [6.45, 7) is 8.95. The minimum absolute atomic E-state index is 0.0845. The van der Waals surface area contributed by atoms with Gasteiger partial charge < -0.3 is 10.0 Å². The summed E-state index contributed by atoms with van der Waals surface area (Å²) < 4.78 is 0. The van der Waals surface area contributed by atoms with Crippen LogP contribution in [0.1, 0.15) is 46.0 Å². The lowest BCUT2D eigenvalue weighted by Gasteiger charge is -2.32.